The molecule has 0 radical (unpaired) electrons. The lowest BCUT2D eigenvalue weighted by Gasteiger charge is -2.33. The minimum atomic E-state index is 0.226. The maximum Gasteiger partial charge on any atom is 0.123 e. The summed E-state index contributed by atoms with van der Waals surface area (Å²) in [5.41, 5.74) is 2.36. The number of benzene rings is 1. The topological polar surface area (TPSA) is 39.6 Å². The summed E-state index contributed by atoms with van der Waals surface area (Å²) >= 11 is 0. The smallest absolute Gasteiger partial charge is 0.123 e. The lowest BCUT2D eigenvalue weighted by molar-refractivity contribution is 0.202. The molecule has 3 fully saturated rings. The third kappa shape index (κ3) is 7.55. The molecule has 1 aliphatic carbocycles. The van der Waals surface area contributed by atoms with Crippen LogP contribution in [-0.4, -0.2) is 60.9 Å². The monoisotopic (exact) mass is 467 g/mol. The first-order valence-corrected chi connectivity index (χ1v) is 14.3. The van der Waals surface area contributed by atoms with Gasteiger partial charge in [-0.15, -0.1) is 0 Å². The van der Waals surface area contributed by atoms with Crippen molar-refractivity contribution in [2.24, 2.45) is 11.8 Å². The van der Waals surface area contributed by atoms with Crippen LogP contribution in [0.2, 0.25) is 0 Å². The second-order valence-corrected chi connectivity index (χ2v) is 11.6. The Balaban J connectivity index is 1.09. The number of nitrogens with one attached hydrogen (secondary N) is 1. The standard InChI is InChI=1S/C30H49N3O/c1-24(2)34-30-14-7-6-13-29(30)26-15-19-32(20-16-26)18-9-8-12-28(31)23-33-21-17-27(22-33)25-10-4-3-5-11-25/h6-7,13-14,24-27,31H,3-5,8-12,15-23H2,1-2H3. The molecule has 1 N–H and O–H groups in total. The molecule has 4 rings (SSSR count). The predicted molar refractivity (Wildman–Crippen MR) is 143 cm³/mol. The van der Waals surface area contributed by atoms with Gasteiger partial charge in [-0.1, -0.05) is 50.3 Å². The number of para-hydroxylation sites is 1. The van der Waals surface area contributed by atoms with E-state index in [0.717, 1.165) is 36.3 Å². The first-order valence-electron chi connectivity index (χ1n) is 14.3. The molecule has 190 valence electrons. The maximum atomic E-state index is 8.51. The van der Waals surface area contributed by atoms with E-state index in [1.165, 1.54) is 102 Å². The van der Waals surface area contributed by atoms with Crippen LogP contribution < -0.4 is 4.74 Å². The van der Waals surface area contributed by atoms with E-state index in [-0.39, 0.29) is 6.10 Å². The largest absolute Gasteiger partial charge is 0.491 e. The predicted octanol–water partition coefficient (Wildman–Crippen LogP) is 6.75. The Hall–Kier alpha value is -1.39. The third-order valence-electron chi connectivity index (χ3n) is 8.55. The van der Waals surface area contributed by atoms with Gasteiger partial charge < -0.3 is 15.0 Å². The first-order chi connectivity index (χ1) is 16.6. The summed E-state index contributed by atoms with van der Waals surface area (Å²) in [6.45, 7) is 11.2. The average molecular weight is 468 g/mol. The van der Waals surface area contributed by atoms with E-state index in [2.05, 4.69) is 47.9 Å². The molecule has 1 atom stereocenters. The number of ether oxygens (including phenoxy) is 1. The molecule has 1 aromatic rings. The van der Waals surface area contributed by atoms with Gasteiger partial charge in [-0.05, 0) is 108 Å². The van der Waals surface area contributed by atoms with Crippen molar-refractivity contribution in [3.63, 3.8) is 0 Å². The van der Waals surface area contributed by atoms with Crippen LogP contribution >= 0.6 is 0 Å². The van der Waals surface area contributed by atoms with Gasteiger partial charge in [-0.3, -0.25) is 4.90 Å². The molecule has 0 aromatic heterocycles. The van der Waals surface area contributed by atoms with E-state index in [9.17, 15) is 0 Å². The van der Waals surface area contributed by atoms with Crippen LogP contribution in [0.3, 0.4) is 0 Å². The van der Waals surface area contributed by atoms with Gasteiger partial charge in [-0.2, -0.15) is 0 Å². The van der Waals surface area contributed by atoms with E-state index in [0.29, 0.717) is 5.92 Å². The number of nitrogens with zero attached hydrogens (tertiary/aromatic N) is 2. The summed E-state index contributed by atoms with van der Waals surface area (Å²) in [5.74, 6) is 3.60. The van der Waals surface area contributed by atoms with Crippen molar-refractivity contribution in [1.29, 1.82) is 5.41 Å². The van der Waals surface area contributed by atoms with Crippen molar-refractivity contribution in [1.82, 2.24) is 9.80 Å². The Bertz CT molecular complexity index is 749. The Morgan fingerprint density at radius 1 is 0.912 bits per heavy atom. The minimum absolute atomic E-state index is 0.226. The van der Waals surface area contributed by atoms with Crippen LogP contribution in [0.15, 0.2) is 24.3 Å². The fourth-order valence-corrected chi connectivity index (χ4v) is 6.67. The molecule has 4 nitrogen and oxygen atoms in total. The molecule has 2 saturated heterocycles. The summed E-state index contributed by atoms with van der Waals surface area (Å²) in [5, 5.41) is 8.51. The fraction of sp³-hybridized carbons (Fsp3) is 0.767. The molecule has 0 amide bonds. The Labute approximate surface area is 208 Å². The van der Waals surface area contributed by atoms with Gasteiger partial charge in [0.15, 0.2) is 0 Å². The van der Waals surface area contributed by atoms with E-state index in [1.54, 1.807) is 0 Å². The van der Waals surface area contributed by atoms with Crippen molar-refractivity contribution < 1.29 is 4.74 Å². The highest BCUT2D eigenvalue weighted by molar-refractivity contribution is 5.83. The number of piperidine rings is 1. The molecule has 0 bridgehead atoms. The van der Waals surface area contributed by atoms with Gasteiger partial charge >= 0.3 is 0 Å². The van der Waals surface area contributed by atoms with Gasteiger partial charge in [0.05, 0.1) is 6.10 Å². The number of hydrogen-bond acceptors (Lipinski definition) is 4. The molecule has 3 aliphatic rings. The molecular formula is C30H49N3O. The molecule has 2 aliphatic heterocycles. The lowest BCUT2D eigenvalue weighted by Crippen LogP contribution is -2.34. The van der Waals surface area contributed by atoms with Crippen molar-refractivity contribution in [2.75, 3.05) is 39.3 Å². The van der Waals surface area contributed by atoms with E-state index in [4.69, 9.17) is 10.1 Å². The van der Waals surface area contributed by atoms with Gasteiger partial charge in [0.2, 0.25) is 0 Å². The Morgan fingerprint density at radius 2 is 1.65 bits per heavy atom. The third-order valence-corrected chi connectivity index (χ3v) is 8.55. The molecule has 34 heavy (non-hydrogen) atoms. The van der Waals surface area contributed by atoms with Gasteiger partial charge in [-0.25, -0.2) is 0 Å². The second-order valence-electron chi connectivity index (χ2n) is 11.6. The molecule has 1 unspecified atom stereocenters. The SMILES string of the molecule is CC(C)Oc1ccccc1C1CCN(CCCCC(=N)CN2CCC(C3CCCCC3)C2)CC1. The van der Waals surface area contributed by atoms with Crippen LogP contribution in [0.1, 0.15) is 96.0 Å². The molecule has 0 spiro atoms. The van der Waals surface area contributed by atoms with Crippen molar-refractivity contribution >= 4 is 5.71 Å². The molecule has 1 aromatic carbocycles. The number of likely N-dealkylation sites (tertiary alicyclic amines) is 2. The number of rotatable bonds is 11. The molecule has 2 heterocycles. The highest BCUT2D eigenvalue weighted by Gasteiger charge is 2.30. The van der Waals surface area contributed by atoms with Crippen molar-refractivity contribution in [3.8, 4) is 5.75 Å². The minimum Gasteiger partial charge on any atom is -0.491 e. The molecule has 1 saturated carbocycles. The highest BCUT2D eigenvalue weighted by Crippen LogP contribution is 2.36. The Morgan fingerprint density at radius 3 is 2.41 bits per heavy atom. The van der Waals surface area contributed by atoms with Gasteiger partial charge in [0, 0.05) is 18.8 Å². The molecular weight excluding hydrogens is 418 g/mol. The zero-order valence-corrected chi connectivity index (χ0v) is 21.9. The second kappa shape index (κ2) is 13.1. The van der Waals surface area contributed by atoms with Crippen LogP contribution in [0.25, 0.3) is 0 Å². The van der Waals surface area contributed by atoms with E-state index >= 15 is 0 Å². The lowest BCUT2D eigenvalue weighted by atomic mass is 9.80. The zero-order chi connectivity index (χ0) is 23.8. The quantitative estimate of drug-likeness (QED) is 0.289. The van der Waals surface area contributed by atoms with Crippen LogP contribution in [-0.2, 0) is 0 Å². The van der Waals surface area contributed by atoms with E-state index in [1.807, 2.05) is 0 Å². The number of unbranched alkanes of at least 4 members (excludes halogenated alkanes) is 1. The first kappa shape index (κ1) is 25.7. The van der Waals surface area contributed by atoms with Gasteiger partial charge in [0.25, 0.3) is 0 Å². The van der Waals surface area contributed by atoms with Crippen LogP contribution in [0.4, 0.5) is 0 Å². The Kier molecular flexibility index (Phi) is 9.87. The van der Waals surface area contributed by atoms with Crippen molar-refractivity contribution in [2.45, 2.75) is 96.5 Å². The summed E-state index contributed by atoms with van der Waals surface area (Å²) in [4.78, 5) is 5.22. The van der Waals surface area contributed by atoms with Gasteiger partial charge in [0.1, 0.15) is 5.75 Å². The summed E-state index contributed by atoms with van der Waals surface area (Å²) in [7, 11) is 0. The summed E-state index contributed by atoms with van der Waals surface area (Å²) in [6, 6.07) is 8.64. The summed E-state index contributed by atoms with van der Waals surface area (Å²) in [6.07, 6.45) is 14.7. The summed E-state index contributed by atoms with van der Waals surface area (Å²) < 4.78 is 6.07. The van der Waals surface area contributed by atoms with Crippen LogP contribution in [0, 0.1) is 17.2 Å². The maximum absolute atomic E-state index is 8.51. The molecule has 4 heteroatoms. The fourth-order valence-electron chi connectivity index (χ4n) is 6.67. The van der Waals surface area contributed by atoms with Crippen molar-refractivity contribution in [3.05, 3.63) is 29.8 Å². The average Bonchev–Trinajstić information content (AvgIpc) is 3.31. The number of hydrogen-bond donors (Lipinski definition) is 1. The normalized spacial score (nSPS) is 23.6. The van der Waals surface area contributed by atoms with Crippen LogP contribution in [0.5, 0.6) is 5.75 Å². The van der Waals surface area contributed by atoms with E-state index < -0.39 is 0 Å². The highest BCUT2D eigenvalue weighted by atomic mass is 16.5. The zero-order valence-electron chi connectivity index (χ0n) is 21.9.